The number of ether oxygens (including phenoxy) is 1. The fourth-order valence-corrected chi connectivity index (χ4v) is 4.15. The van der Waals surface area contributed by atoms with Crippen molar-refractivity contribution in [2.24, 2.45) is 11.3 Å². The molecule has 0 spiro atoms. The fraction of sp³-hybridized carbons (Fsp3) is 0.500. The summed E-state index contributed by atoms with van der Waals surface area (Å²) in [7, 11) is 0. The van der Waals surface area contributed by atoms with Gasteiger partial charge >= 0.3 is 6.03 Å². The number of nitrogens with one attached hydrogen (secondary N) is 2. The van der Waals surface area contributed by atoms with E-state index in [2.05, 4.69) is 34.6 Å². The van der Waals surface area contributed by atoms with Crippen molar-refractivity contribution in [2.45, 2.75) is 39.0 Å². The highest BCUT2D eigenvalue weighted by Gasteiger charge is 2.59. The number of pyridine rings is 1. The van der Waals surface area contributed by atoms with Crippen LogP contribution in [0.5, 0.6) is 0 Å². The van der Waals surface area contributed by atoms with E-state index in [0.29, 0.717) is 12.5 Å². The topological polar surface area (TPSA) is 81.1 Å². The normalized spacial score (nSPS) is 26.6. The first-order chi connectivity index (χ1) is 12.1. The Bertz CT molecular complexity index is 759. The number of carbonyl (C=O) groups is 1. The number of nitrogens with zero attached hydrogens (tertiary/aromatic N) is 3. The monoisotopic (exact) mass is 341 g/mol. The number of hydrogen-bond acceptors (Lipinski definition) is 4. The molecule has 0 aromatic carbocycles. The van der Waals surface area contributed by atoms with Crippen molar-refractivity contribution in [1.29, 1.82) is 0 Å². The Morgan fingerprint density at radius 2 is 2.28 bits per heavy atom. The summed E-state index contributed by atoms with van der Waals surface area (Å²) in [5.41, 5.74) is 0.892. The molecule has 1 aliphatic heterocycles. The predicted octanol–water partition coefficient (Wildman–Crippen LogP) is 1.88. The van der Waals surface area contributed by atoms with Crippen LogP contribution in [0.3, 0.4) is 0 Å². The quantitative estimate of drug-likeness (QED) is 0.890. The zero-order valence-corrected chi connectivity index (χ0v) is 14.5. The molecule has 25 heavy (non-hydrogen) atoms. The lowest BCUT2D eigenvalue weighted by molar-refractivity contribution is -0.108. The Hall–Kier alpha value is -2.41. The van der Waals surface area contributed by atoms with Gasteiger partial charge in [-0.2, -0.15) is 5.10 Å². The maximum atomic E-state index is 12.4. The smallest absolute Gasteiger partial charge is 0.315 e. The van der Waals surface area contributed by atoms with Gasteiger partial charge in [0.05, 0.1) is 6.10 Å². The average molecular weight is 341 g/mol. The van der Waals surface area contributed by atoms with Crippen LogP contribution in [0, 0.1) is 11.3 Å². The second kappa shape index (κ2) is 6.15. The maximum absolute atomic E-state index is 12.4. The van der Waals surface area contributed by atoms with Gasteiger partial charge in [0.1, 0.15) is 0 Å². The van der Waals surface area contributed by atoms with Crippen molar-refractivity contribution in [2.75, 3.05) is 6.61 Å². The highest BCUT2D eigenvalue weighted by Crippen LogP contribution is 2.52. The summed E-state index contributed by atoms with van der Waals surface area (Å²) in [5.74, 6) is 1.15. The van der Waals surface area contributed by atoms with E-state index < -0.39 is 0 Å². The number of urea groups is 1. The van der Waals surface area contributed by atoms with Crippen molar-refractivity contribution in [3.05, 3.63) is 42.4 Å². The molecule has 4 rings (SSSR count). The van der Waals surface area contributed by atoms with Crippen LogP contribution >= 0.6 is 0 Å². The van der Waals surface area contributed by atoms with Gasteiger partial charge in [-0.15, -0.1) is 0 Å². The molecule has 7 heteroatoms. The van der Waals surface area contributed by atoms with Gasteiger partial charge < -0.3 is 15.4 Å². The van der Waals surface area contributed by atoms with Crippen molar-refractivity contribution in [3.63, 3.8) is 0 Å². The van der Waals surface area contributed by atoms with Crippen LogP contribution in [-0.4, -0.2) is 39.5 Å². The van der Waals surface area contributed by atoms with E-state index in [0.717, 1.165) is 24.4 Å². The molecule has 2 N–H and O–H groups in total. The molecular formula is C18H23N5O2. The van der Waals surface area contributed by atoms with Crippen LogP contribution < -0.4 is 10.6 Å². The molecule has 2 aliphatic rings. The van der Waals surface area contributed by atoms with Crippen molar-refractivity contribution in [3.8, 4) is 5.82 Å². The first-order valence-electron chi connectivity index (χ1n) is 8.67. The number of fused-ring (bicyclic) bond motifs is 1. The SMILES string of the molecule is CC1(C)[C@H](NC(=O)NCc2cccnc2-n2cccn2)[C@H]2CCO[C@H]21. The summed E-state index contributed by atoms with van der Waals surface area (Å²) in [6, 6.07) is 5.64. The molecule has 0 unspecified atom stereocenters. The summed E-state index contributed by atoms with van der Waals surface area (Å²) >= 11 is 0. The zero-order chi connectivity index (χ0) is 17.4. The lowest BCUT2D eigenvalue weighted by Crippen LogP contribution is -2.67. The third-order valence-corrected chi connectivity index (χ3v) is 5.42. The molecule has 0 radical (unpaired) electrons. The van der Waals surface area contributed by atoms with E-state index >= 15 is 0 Å². The number of hydrogen-bond donors (Lipinski definition) is 2. The van der Waals surface area contributed by atoms with Crippen LogP contribution in [0.2, 0.25) is 0 Å². The lowest BCUT2D eigenvalue weighted by Gasteiger charge is -2.54. The van der Waals surface area contributed by atoms with Gasteiger partial charge in [-0.25, -0.2) is 14.5 Å². The maximum Gasteiger partial charge on any atom is 0.315 e. The minimum atomic E-state index is -0.154. The summed E-state index contributed by atoms with van der Waals surface area (Å²) in [4.78, 5) is 16.8. The molecule has 2 aromatic rings. The van der Waals surface area contributed by atoms with E-state index in [4.69, 9.17) is 4.74 Å². The molecule has 0 bridgehead atoms. The average Bonchev–Trinajstić information content (AvgIpc) is 3.28. The second-order valence-electron chi connectivity index (χ2n) is 7.31. The van der Waals surface area contributed by atoms with Crippen LogP contribution in [0.15, 0.2) is 36.8 Å². The van der Waals surface area contributed by atoms with Crippen LogP contribution in [0.25, 0.3) is 5.82 Å². The Labute approximate surface area is 146 Å². The first-order valence-corrected chi connectivity index (χ1v) is 8.67. The molecule has 7 nitrogen and oxygen atoms in total. The number of amides is 2. The van der Waals surface area contributed by atoms with E-state index in [9.17, 15) is 4.79 Å². The van der Waals surface area contributed by atoms with Crippen LogP contribution in [0.4, 0.5) is 4.79 Å². The van der Waals surface area contributed by atoms with Crippen molar-refractivity contribution >= 4 is 6.03 Å². The van der Waals surface area contributed by atoms with E-state index in [1.165, 1.54) is 0 Å². The number of carbonyl (C=O) groups excluding carboxylic acids is 1. The standard InChI is InChI=1S/C18H23N5O2/c1-18(2)14(13-6-10-25-15(13)18)22-17(24)20-11-12-5-3-7-19-16(12)23-9-4-8-21-23/h3-5,7-9,13-15H,6,10-11H2,1-2H3,(H2,20,22,24)/t13-,14-,15-/m1/s1. The van der Waals surface area contributed by atoms with Crippen molar-refractivity contribution < 1.29 is 9.53 Å². The van der Waals surface area contributed by atoms with Crippen LogP contribution in [-0.2, 0) is 11.3 Å². The van der Waals surface area contributed by atoms with Crippen molar-refractivity contribution in [1.82, 2.24) is 25.4 Å². The summed E-state index contributed by atoms with van der Waals surface area (Å²) < 4.78 is 7.47. The largest absolute Gasteiger partial charge is 0.377 e. The highest BCUT2D eigenvalue weighted by atomic mass is 16.5. The van der Waals surface area contributed by atoms with E-state index in [1.54, 1.807) is 17.1 Å². The number of rotatable bonds is 4. The Balaban J connectivity index is 1.39. The molecule has 3 atom stereocenters. The third kappa shape index (κ3) is 2.78. The second-order valence-corrected chi connectivity index (χ2v) is 7.31. The predicted molar refractivity (Wildman–Crippen MR) is 92.1 cm³/mol. The molecule has 2 aromatic heterocycles. The minimum absolute atomic E-state index is 0.0208. The molecular weight excluding hydrogens is 318 g/mol. The minimum Gasteiger partial charge on any atom is -0.377 e. The lowest BCUT2D eigenvalue weighted by atomic mass is 9.57. The van der Waals surface area contributed by atoms with E-state index in [-0.39, 0.29) is 23.6 Å². The highest BCUT2D eigenvalue weighted by molar-refractivity contribution is 5.74. The fourth-order valence-electron chi connectivity index (χ4n) is 4.15. The van der Waals surface area contributed by atoms with Gasteiger partial charge in [0.2, 0.25) is 0 Å². The van der Waals surface area contributed by atoms with Gasteiger partial charge in [-0.1, -0.05) is 19.9 Å². The third-order valence-electron chi connectivity index (χ3n) is 5.42. The molecule has 1 saturated carbocycles. The van der Waals surface area contributed by atoms with Crippen LogP contribution in [0.1, 0.15) is 25.8 Å². The summed E-state index contributed by atoms with van der Waals surface area (Å²) in [6.45, 7) is 5.50. The Kier molecular flexibility index (Phi) is 3.95. The van der Waals surface area contributed by atoms with Gasteiger partial charge in [0.25, 0.3) is 0 Å². The molecule has 132 valence electrons. The first kappa shape index (κ1) is 16.1. The Morgan fingerprint density at radius 3 is 3.08 bits per heavy atom. The van der Waals surface area contributed by atoms with Gasteiger partial charge in [0, 0.05) is 54.7 Å². The van der Waals surface area contributed by atoms with Gasteiger partial charge in [-0.05, 0) is 18.6 Å². The molecule has 2 amide bonds. The van der Waals surface area contributed by atoms with E-state index in [1.807, 2.05) is 24.4 Å². The number of aromatic nitrogens is 3. The molecule has 1 aliphatic carbocycles. The zero-order valence-electron chi connectivity index (χ0n) is 14.5. The molecule has 2 fully saturated rings. The van der Waals surface area contributed by atoms with Gasteiger partial charge in [-0.3, -0.25) is 0 Å². The molecule has 3 heterocycles. The Morgan fingerprint density at radius 1 is 1.40 bits per heavy atom. The molecule has 1 saturated heterocycles. The summed E-state index contributed by atoms with van der Waals surface area (Å²) in [6.07, 6.45) is 6.55. The summed E-state index contributed by atoms with van der Waals surface area (Å²) in [5, 5.41) is 10.3. The van der Waals surface area contributed by atoms with Gasteiger partial charge in [0.15, 0.2) is 5.82 Å².